The molecule has 0 fully saturated rings. The number of aromatic nitrogens is 6. The number of hydrogen-bond acceptors (Lipinski definition) is 5. The van der Waals surface area contributed by atoms with Crippen LogP contribution in [-0.4, -0.2) is 35.7 Å². The fraction of sp³-hybridized carbons (Fsp3) is 0.190. The van der Waals surface area contributed by atoms with Crippen LogP contribution < -0.4 is 5.32 Å². The molecule has 4 aromatic rings. The molecule has 1 atom stereocenters. The number of aryl methyl sites for hydroxylation is 2. The van der Waals surface area contributed by atoms with Crippen molar-refractivity contribution in [2.45, 2.75) is 19.5 Å². The molecule has 1 unspecified atom stereocenters. The molecule has 29 heavy (non-hydrogen) atoms. The van der Waals surface area contributed by atoms with Crippen LogP contribution in [0.3, 0.4) is 0 Å². The van der Waals surface area contributed by atoms with E-state index in [0.717, 1.165) is 22.5 Å². The summed E-state index contributed by atoms with van der Waals surface area (Å²) in [5.74, 6) is 1.01. The van der Waals surface area contributed by atoms with Gasteiger partial charge in [0, 0.05) is 25.0 Å². The van der Waals surface area contributed by atoms with Gasteiger partial charge in [-0.25, -0.2) is 4.98 Å². The summed E-state index contributed by atoms with van der Waals surface area (Å²) in [4.78, 5) is 18.4. The van der Waals surface area contributed by atoms with E-state index in [-0.39, 0.29) is 18.5 Å². The number of benzene rings is 2. The van der Waals surface area contributed by atoms with E-state index in [1.165, 1.54) is 4.80 Å². The van der Waals surface area contributed by atoms with E-state index >= 15 is 0 Å². The lowest BCUT2D eigenvalue weighted by Gasteiger charge is -2.19. The van der Waals surface area contributed by atoms with Gasteiger partial charge in [-0.1, -0.05) is 60.2 Å². The Labute approximate surface area is 168 Å². The number of hydrogen-bond donors (Lipinski definition) is 1. The molecule has 0 aliphatic heterocycles. The zero-order valence-corrected chi connectivity index (χ0v) is 16.2. The van der Waals surface area contributed by atoms with E-state index in [0.29, 0.717) is 5.82 Å². The predicted molar refractivity (Wildman–Crippen MR) is 108 cm³/mol. The molecule has 1 N–H and O–H groups in total. The van der Waals surface area contributed by atoms with Crippen LogP contribution in [0.1, 0.15) is 23.0 Å². The average molecular weight is 387 g/mol. The van der Waals surface area contributed by atoms with Crippen LogP contribution >= 0.6 is 0 Å². The summed E-state index contributed by atoms with van der Waals surface area (Å²) in [5.41, 5.74) is 2.96. The lowest BCUT2D eigenvalue weighted by Crippen LogP contribution is -2.34. The van der Waals surface area contributed by atoms with Gasteiger partial charge in [-0.2, -0.15) is 4.80 Å². The van der Waals surface area contributed by atoms with Crippen LogP contribution in [-0.2, 0) is 18.4 Å². The van der Waals surface area contributed by atoms with Crippen molar-refractivity contribution in [2.75, 3.05) is 0 Å². The largest absolute Gasteiger partial charge is 0.340 e. The van der Waals surface area contributed by atoms with Crippen molar-refractivity contribution in [1.29, 1.82) is 0 Å². The molecule has 0 aliphatic rings. The van der Waals surface area contributed by atoms with Crippen molar-refractivity contribution in [3.05, 3.63) is 83.9 Å². The van der Waals surface area contributed by atoms with Crippen LogP contribution in [0.15, 0.2) is 67.0 Å². The fourth-order valence-electron chi connectivity index (χ4n) is 3.06. The highest BCUT2D eigenvalue weighted by Gasteiger charge is 2.21. The summed E-state index contributed by atoms with van der Waals surface area (Å²) in [5, 5.41) is 15.4. The van der Waals surface area contributed by atoms with Crippen LogP contribution in [0.4, 0.5) is 0 Å². The Kier molecular flexibility index (Phi) is 5.15. The molecule has 2 heterocycles. The third-order valence-corrected chi connectivity index (χ3v) is 4.60. The smallest absolute Gasteiger partial charge is 0.244 e. The van der Waals surface area contributed by atoms with E-state index < -0.39 is 0 Å². The predicted octanol–water partition coefficient (Wildman–Crippen LogP) is 2.29. The molecule has 0 aliphatic carbocycles. The van der Waals surface area contributed by atoms with Gasteiger partial charge in [0.1, 0.15) is 18.4 Å². The Morgan fingerprint density at radius 2 is 1.86 bits per heavy atom. The number of nitrogens with one attached hydrogen (secondary N) is 1. The topological polar surface area (TPSA) is 90.5 Å². The Balaban J connectivity index is 1.50. The monoisotopic (exact) mass is 387 g/mol. The van der Waals surface area contributed by atoms with Gasteiger partial charge in [0.25, 0.3) is 0 Å². The second-order valence-corrected chi connectivity index (χ2v) is 6.82. The minimum atomic E-state index is -0.371. The van der Waals surface area contributed by atoms with Crippen molar-refractivity contribution in [2.24, 2.45) is 7.05 Å². The van der Waals surface area contributed by atoms with Gasteiger partial charge in [0.05, 0.1) is 0 Å². The molecule has 8 nitrogen and oxygen atoms in total. The number of imidazole rings is 1. The third-order valence-electron chi connectivity index (χ3n) is 4.60. The summed E-state index contributed by atoms with van der Waals surface area (Å²) in [7, 11) is 1.90. The van der Waals surface area contributed by atoms with E-state index in [9.17, 15) is 4.79 Å². The molecule has 0 radical (unpaired) electrons. The number of rotatable bonds is 6. The van der Waals surface area contributed by atoms with Crippen LogP contribution in [0, 0.1) is 6.92 Å². The minimum Gasteiger partial charge on any atom is -0.340 e. The third kappa shape index (κ3) is 4.21. The molecule has 0 spiro atoms. The second kappa shape index (κ2) is 8.05. The van der Waals surface area contributed by atoms with E-state index in [4.69, 9.17) is 0 Å². The first-order chi connectivity index (χ1) is 14.1. The number of carbonyl (C=O) groups is 1. The Hall–Kier alpha value is -3.81. The molecule has 0 saturated carbocycles. The minimum absolute atomic E-state index is 0.0351. The molecule has 0 saturated heterocycles. The second-order valence-electron chi connectivity index (χ2n) is 6.82. The lowest BCUT2D eigenvalue weighted by atomic mass is 10.1. The maximum Gasteiger partial charge on any atom is 0.244 e. The molecule has 146 valence electrons. The fourth-order valence-corrected chi connectivity index (χ4v) is 3.06. The van der Waals surface area contributed by atoms with Crippen molar-refractivity contribution in [1.82, 2.24) is 35.1 Å². The summed E-state index contributed by atoms with van der Waals surface area (Å²) >= 11 is 0. The Morgan fingerprint density at radius 1 is 1.10 bits per heavy atom. The van der Waals surface area contributed by atoms with Crippen molar-refractivity contribution in [3.63, 3.8) is 0 Å². The first-order valence-corrected chi connectivity index (χ1v) is 9.26. The summed E-state index contributed by atoms with van der Waals surface area (Å²) < 4.78 is 1.89. The van der Waals surface area contributed by atoms with E-state index in [2.05, 4.69) is 25.7 Å². The molecule has 1 amide bonds. The van der Waals surface area contributed by atoms with Crippen molar-refractivity contribution in [3.8, 4) is 11.4 Å². The van der Waals surface area contributed by atoms with Crippen molar-refractivity contribution >= 4 is 5.91 Å². The van der Waals surface area contributed by atoms with Gasteiger partial charge in [-0.05, 0) is 17.7 Å². The van der Waals surface area contributed by atoms with Crippen molar-refractivity contribution < 1.29 is 4.79 Å². The van der Waals surface area contributed by atoms with Gasteiger partial charge >= 0.3 is 0 Å². The number of amides is 1. The van der Waals surface area contributed by atoms with E-state index in [1.807, 2.05) is 79.3 Å². The van der Waals surface area contributed by atoms with Gasteiger partial charge in [0.2, 0.25) is 11.7 Å². The summed E-state index contributed by atoms with van der Waals surface area (Å²) in [6.45, 7) is 1.98. The zero-order chi connectivity index (χ0) is 20.2. The van der Waals surface area contributed by atoms with Gasteiger partial charge in [0.15, 0.2) is 0 Å². The highest BCUT2D eigenvalue weighted by atomic mass is 16.2. The van der Waals surface area contributed by atoms with Gasteiger partial charge in [-0.3, -0.25) is 4.79 Å². The number of tetrazole rings is 1. The first-order valence-electron chi connectivity index (χ1n) is 9.26. The average Bonchev–Trinajstić information content (AvgIpc) is 3.36. The Bertz CT molecular complexity index is 1100. The van der Waals surface area contributed by atoms with Crippen LogP contribution in [0.25, 0.3) is 11.4 Å². The zero-order valence-electron chi connectivity index (χ0n) is 16.2. The molecular weight excluding hydrogens is 366 g/mol. The molecular formula is C21H21N7O. The van der Waals surface area contributed by atoms with Gasteiger partial charge < -0.3 is 9.88 Å². The molecule has 4 rings (SSSR count). The molecule has 2 aromatic carbocycles. The van der Waals surface area contributed by atoms with E-state index in [1.54, 1.807) is 6.20 Å². The van der Waals surface area contributed by atoms with Crippen LogP contribution in [0.5, 0.6) is 0 Å². The normalized spacial score (nSPS) is 11.9. The van der Waals surface area contributed by atoms with Gasteiger partial charge in [-0.15, -0.1) is 10.2 Å². The standard InChI is InChI=1S/C21H21N7O/c1-15-8-10-17(11-9-15)20-24-26-28(25-20)14-18(29)23-19(16-6-4-3-5-7-16)21-22-12-13-27(21)2/h3-13,19H,14H2,1-2H3,(H,23,29). The highest BCUT2D eigenvalue weighted by Crippen LogP contribution is 2.20. The molecule has 2 aromatic heterocycles. The molecule has 8 heteroatoms. The maximum absolute atomic E-state index is 12.7. The number of nitrogens with zero attached hydrogens (tertiary/aromatic N) is 6. The molecule has 0 bridgehead atoms. The van der Waals surface area contributed by atoms with Crippen LogP contribution in [0.2, 0.25) is 0 Å². The number of carbonyl (C=O) groups excluding carboxylic acids is 1. The summed E-state index contributed by atoms with van der Waals surface area (Å²) in [6.07, 6.45) is 3.56. The Morgan fingerprint density at radius 3 is 2.55 bits per heavy atom. The maximum atomic E-state index is 12.7. The lowest BCUT2D eigenvalue weighted by molar-refractivity contribution is -0.122. The first kappa shape index (κ1) is 18.5. The highest BCUT2D eigenvalue weighted by molar-refractivity contribution is 5.76. The SMILES string of the molecule is Cc1ccc(-c2nnn(CC(=O)NC(c3ccccc3)c3nccn3C)n2)cc1. The summed E-state index contributed by atoms with van der Waals surface area (Å²) in [6, 6.07) is 17.2. The quantitative estimate of drug-likeness (QED) is 0.548.